The molecule has 0 aromatic heterocycles. The maximum atomic E-state index is 10.7. The summed E-state index contributed by atoms with van der Waals surface area (Å²) >= 11 is 3.13. The van der Waals surface area contributed by atoms with Crippen molar-refractivity contribution in [1.82, 2.24) is 4.72 Å². The van der Waals surface area contributed by atoms with Crippen LogP contribution in [-0.4, -0.2) is 25.9 Å². The Labute approximate surface area is 74.5 Å². The number of hydrogen-bond acceptors (Lipinski definition) is 3. The average molecular weight is 244 g/mol. The zero-order chi connectivity index (χ0) is 8.91. The van der Waals surface area contributed by atoms with Gasteiger partial charge in [0.2, 0.25) is 15.9 Å². The van der Waals surface area contributed by atoms with Gasteiger partial charge in [0.1, 0.15) is 0 Å². The van der Waals surface area contributed by atoms with Crippen LogP contribution in [0.15, 0.2) is 0 Å². The summed E-state index contributed by atoms with van der Waals surface area (Å²) in [6.45, 7) is 0. The van der Waals surface area contributed by atoms with Crippen LogP contribution in [0.1, 0.15) is 12.8 Å². The van der Waals surface area contributed by atoms with Gasteiger partial charge < -0.3 is 0 Å². The van der Waals surface area contributed by atoms with Crippen molar-refractivity contribution < 1.29 is 13.2 Å². The minimum atomic E-state index is -3.37. The van der Waals surface area contributed by atoms with E-state index in [4.69, 9.17) is 0 Å². The molecule has 0 fully saturated rings. The average Bonchev–Trinajstić information content (AvgIpc) is 1.79. The third-order valence-corrected chi connectivity index (χ3v) is 2.00. The zero-order valence-electron chi connectivity index (χ0n) is 6.13. The van der Waals surface area contributed by atoms with E-state index in [2.05, 4.69) is 15.9 Å². The summed E-state index contributed by atoms with van der Waals surface area (Å²) in [5.74, 6) is -0.452. The number of hydrogen-bond donors (Lipinski definition) is 1. The lowest BCUT2D eigenvalue weighted by Gasteiger charge is -1.99. The molecule has 0 atom stereocenters. The van der Waals surface area contributed by atoms with E-state index in [0.29, 0.717) is 11.8 Å². The highest BCUT2D eigenvalue weighted by Crippen LogP contribution is 1.93. The van der Waals surface area contributed by atoms with Gasteiger partial charge in [-0.2, -0.15) is 0 Å². The monoisotopic (exact) mass is 243 g/mol. The molecule has 6 heteroatoms. The molecule has 4 nitrogen and oxygen atoms in total. The molecule has 0 aliphatic rings. The number of amides is 1. The molecular weight excluding hydrogens is 234 g/mol. The number of halogens is 1. The van der Waals surface area contributed by atoms with Crippen molar-refractivity contribution in [3.05, 3.63) is 0 Å². The molecule has 0 saturated carbocycles. The van der Waals surface area contributed by atoms with E-state index >= 15 is 0 Å². The Morgan fingerprint density at radius 2 is 2.09 bits per heavy atom. The van der Waals surface area contributed by atoms with E-state index < -0.39 is 15.9 Å². The van der Waals surface area contributed by atoms with Gasteiger partial charge in [-0.3, -0.25) is 9.52 Å². The van der Waals surface area contributed by atoms with E-state index in [9.17, 15) is 13.2 Å². The number of carbonyl (C=O) groups is 1. The van der Waals surface area contributed by atoms with Crippen LogP contribution in [0, 0.1) is 0 Å². The van der Waals surface area contributed by atoms with Crippen LogP contribution >= 0.6 is 15.9 Å². The molecular formula is C5H10BrNO3S. The highest BCUT2D eigenvalue weighted by molar-refractivity contribution is 9.09. The molecule has 0 heterocycles. The van der Waals surface area contributed by atoms with E-state index in [0.717, 1.165) is 6.26 Å². The number of sulfonamides is 1. The van der Waals surface area contributed by atoms with Gasteiger partial charge in [-0.1, -0.05) is 15.9 Å². The van der Waals surface area contributed by atoms with E-state index in [1.165, 1.54) is 0 Å². The summed E-state index contributed by atoms with van der Waals surface area (Å²) < 4.78 is 22.8. The van der Waals surface area contributed by atoms with Gasteiger partial charge in [0.05, 0.1) is 6.26 Å². The fourth-order valence-corrected chi connectivity index (χ4v) is 1.28. The molecule has 0 aliphatic heterocycles. The van der Waals surface area contributed by atoms with Crippen molar-refractivity contribution in [2.45, 2.75) is 12.8 Å². The summed E-state index contributed by atoms with van der Waals surface area (Å²) in [6, 6.07) is 0. The highest BCUT2D eigenvalue weighted by atomic mass is 79.9. The van der Waals surface area contributed by atoms with Gasteiger partial charge in [-0.05, 0) is 6.42 Å². The predicted molar refractivity (Wildman–Crippen MR) is 46.0 cm³/mol. The smallest absolute Gasteiger partial charge is 0.233 e. The minimum Gasteiger partial charge on any atom is -0.274 e. The van der Waals surface area contributed by atoms with Gasteiger partial charge >= 0.3 is 0 Å². The van der Waals surface area contributed by atoms with Crippen LogP contribution in [-0.2, 0) is 14.8 Å². The maximum Gasteiger partial charge on any atom is 0.233 e. The summed E-state index contributed by atoms with van der Waals surface area (Å²) in [5, 5.41) is 0.699. The largest absolute Gasteiger partial charge is 0.274 e. The van der Waals surface area contributed by atoms with Crippen LogP contribution in [0.5, 0.6) is 0 Å². The Balaban J connectivity index is 3.71. The Hall–Kier alpha value is -0.100. The quantitative estimate of drug-likeness (QED) is 0.720. The van der Waals surface area contributed by atoms with Gasteiger partial charge in [0, 0.05) is 11.8 Å². The fourth-order valence-electron chi connectivity index (χ4n) is 0.485. The van der Waals surface area contributed by atoms with E-state index in [1.54, 1.807) is 0 Å². The van der Waals surface area contributed by atoms with Gasteiger partial charge in [0.15, 0.2) is 0 Å². The first-order valence-corrected chi connectivity index (χ1v) is 6.03. The maximum absolute atomic E-state index is 10.7. The first-order chi connectivity index (χ1) is 4.95. The van der Waals surface area contributed by atoms with Crippen molar-refractivity contribution >= 4 is 31.9 Å². The number of rotatable bonds is 4. The summed E-state index contributed by atoms with van der Waals surface area (Å²) in [4.78, 5) is 10.7. The molecule has 0 saturated heterocycles. The highest BCUT2D eigenvalue weighted by Gasteiger charge is 2.06. The second-order valence-corrected chi connectivity index (χ2v) is 4.63. The van der Waals surface area contributed by atoms with Gasteiger partial charge in [-0.15, -0.1) is 0 Å². The molecule has 0 radical (unpaired) electrons. The second kappa shape index (κ2) is 4.71. The molecule has 0 unspecified atom stereocenters. The lowest BCUT2D eigenvalue weighted by Crippen LogP contribution is -2.29. The molecule has 0 bridgehead atoms. The number of carbonyl (C=O) groups excluding carboxylic acids is 1. The Bertz CT molecular complexity index is 224. The summed E-state index contributed by atoms with van der Waals surface area (Å²) in [5.41, 5.74) is 0. The molecule has 0 spiro atoms. The van der Waals surface area contributed by atoms with Gasteiger partial charge in [0.25, 0.3) is 0 Å². The zero-order valence-corrected chi connectivity index (χ0v) is 8.53. The molecule has 1 N–H and O–H groups in total. The second-order valence-electron chi connectivity index (χ2n) is 2.09. The standard InChI is InChI=1S/C5H10BrNO3S/c1-11(9,10)7-5(8)3-2-4-6/h2-4H2,1H3,(H,7,8). The van der Waals surface area contributed by atoms with Crippen molar-refractivity contribution in [2.75, 3.05) is 11.6 Å². The molecule has 1 amide bonds. The van der Waals surface area contributed by atoms with Crippen molar-refractivity contribution in [3.63, 3.8) is 0 Å². The third-order valence-electron chi connectivity index (χ3n) is 0.837. The lowest BCUT2D eigenvalue weighted by molar-refractivity contribution is -0.119. The predicted octanol–water partition coefficient (Wildman–Crippen LogP) is 0.237. The van der Waals surface area contributed by atoms with Crippen molar-refractivity contribution in [1.29, 1.82) is 0 Å². The van der Waals surface area contributed by atoms with E-state index in [1.807, 2.05) is 4.72 Å². The molecule has 0 aromatic rings. The number of nitrogens with one attached hydrogen (secondary N) is 1. The van der Waals surface area contributed by atoms with Crippen LogP contribution < -0.4 is 4.72 Å². The van der Waals surface area contributed by atoms with Crippen LogP contribution in [0.2, 0.25) is 0 Å². The molecule has 0 rings (SSSR count). The topological polar surface area (TPSA) is 63.2 Å². The minimum absolute atomic E-state index is 0.234. The van der Waals surface area contributed by atoms with Crippen LogP contribution in [0.4, 0.5) is 0 Å². The Kier molecular flexibility index (Phi) is 4.67. The van der Waals surface area contributed by atoms with Crippen LogP contribution in [0.25, 0.3) is 0 Å². The SMILES string of the molecule is CS(=O)(=O)NC(=O)CCCBr. The molecule has 66 valence electrons. The fraction of sp³-hybridized carbons (Fsp3) is 0.800. The Morgan fingerprint density at radius 1 is 1.55 bits per heavy atom. The molecule has 11 heavy (non-hydrogen) atoms. The molecule has 0 aliphatic carbocycles. The summed E-state index contributed by atoms with van der Waals surface area (Å²) in [7, 11) is -3.37. The van der Waals surface area contributed by atoms with E-state index in [-0.39, 0.29) is 6.42 Å². The van der Waals surface area contributed by atoms with Crippen molar-refractivity contribution in [2.24, 2.45) is 0 Å². The first kappa shape index (κ1) is 10.9. The third kappa shape index (κ3) is 7.80. The Morgan fingerprint density at radius 3 is 2.45 bits per heavy atom. The lowest BCUT2D eigenvalue weighted by atomic mass is 10.3. The normalized spacial score (nSPS) is 11.1. The molecule has 0 aromatic carbocycles. The summed E-state index contributed by atoms with van der Waals surface area (Å²) in [6.07, 6.45) is 1.83. The van der Waals surface area contributed by atoms with Crippen LogP contribution in [0.3, 0.4) is 0 Å². The number of alkyl halides is 1. The first-order valence-electron chi connectivity index (χ1n) is 3.02. The van der Waals surface area contributed by atoms with Crippen molar-refractivity contribution in [3.8, 4) is 0 Å². The van der Waals surface area contributed by atoms with Gasteiger partial charge in [-0.25, -0.2) is 8.42 Å².